The Balaban J connectivity index is 1.96. The third-order valence-electron chi connectivity index (χ3n) is 5.51. The molecule has 6 nitrogen and oxygen atoms in total. The minimum atomic E-state index is -0.513. The molecule has 0 aliphatic rings. The molecule has 0 saturated carbocycles. The number of aromatic nitrogens is 2. The van der Waals surface area contributed by atoms with Gasteiger partial charge in [0.2, 0.25) is 0 Å². The first-order chi connectivity index (χ1) is 16.6. The quantitative estimate of drug-likeness (QED) is 0.285. The highest BCUT2D eigenvalue weighted by molar-refractivity contribution is 5.98. The Bertz CT molecular complexity index is 1260. The van der Waals surface area contributed by atoms with E-state index in [1.807, 2.05) is 91.0 Å². The van der Waals surface area contributed by atoms with Crippen LogP contribution in [0, 0.1) is 0 Å². The summed E-state index contributed by atoms with van der Waals surface area (Å²) in [5.41, 5.74) is 3.80. The van der Waals surface area contributed by atoms with E-state index < -0.39 is 17.9 Å². The molecule has 0 N–H and O–H groups in total. The molecular formula is C28H24N2O4. The molecule has 4 aromatic rings. The van der Waals surface area contributed by atoms with Gasteiger partial charge < -0.3 is 9.47 Å². The van der Waals surface area contributed by atoms with Crippen molar-refractivity contribution < 1.29 is 19.1 Å². The number of esters is 2. The van der Waals surface area contributed by atoms with E-state index in [1.165, 1.54) is 25.1 Å². The SMILES string of the molecule is COC(=O)C(=Cn1ncc(C(=O)OC)c1-c1ccccc1)C(c1ccccc1)c1ccccc1. The van der Waals surface area contributed by atoms with Crippen molar-refractivity contribution in [1.82, 2.24) is 9.78 Å². The molecule has 1 aromatic heterocycles. The molecule has 4 rings (SSSR count). The lowest BCUT2D eigenvalue weighted by atomic mass is 9.85. The lowest BCUT2D eigenvalue weighted by Gasteiger charge is -2.20. The van der Waals surface area contributed by atoms with E-state index in [0.717, 1.165) is 16.7 Å². The molecule has 0 amide bonds. The van der Waals surface area contributed by atoms with Gasteiger partial charge >= 0.3 is 11.9 Å². The number of hydrogen-bond donors (Lipinski definition) is 0. The van der Waals surface area contributed by atoms with Gasteiger partial charge in [-0.05, 0) is 11.1 Å². The summed E-state index contributed by atoms with van der Waals surface area (Å²) in [4.78, 5) is 25.6. The number of rotatable bonds is 7. The van der Waals surface area contributed by atoms with E-state index in [-0.39, 0.29) is 0 Å². The van der Waals surface area contributed by atoms with Crippen LogP contribution in [0.3, 0.4) is 0 Å². The predicted octanol–water partition coefficient (Wildman–Crippen LogP) is 5.18. The van der Waals surface area contributed by atoms with E-state index in [0.29, 0.717) is 16.8 Å². The van der Waals surface area contributed by atoms with Crippen LogP contribution < -0.4 is 0 Å². The first-order valence-electron chi connectivity index (χ1n) is 10.7. The molecule has 34 heavy (non-hydrogen) atoms. The smallest absolute Gasteiger partial charge is 0.341 e. The Morgan fingerprint density at radius 1 is 0.794 bits per heavy atom. The summed E-state index contributed by atoms with van der Waals surface area (Å²) in [7, 11) is 2.68. The molecule has 3 aromatic carbocycles. The minimum Gasteiger partial charge on any atom is -0.466 e. The lowest BCUT2D eigenvalue weighted by molar-refractivity contribution is -0.136. The molecule has 170 valence electrons. The monoisotopic (exact) mass is 452 g/mol. The summed E-state index contributed by atoms with van der Waals surface area (Å²) < 4.78 is 11.7. The highest BCUT2D eigenvalue weighted by Crippen LogP contribution is 2.34. The number of carbonyl (C=O) groups is 2. The maximum atomic E-state index is 13.1. The molecule has 0 atom stereocenters. The van der Waals surface area contributed by atoms with Crippen molar-refractivity contribution in [2.24, 2.45) is 0 Å². The standard InChI is InChI=1S/C28H24N2O4/c1-33-27(31)23-18-29-30(26(23)22-16-10-5-11-17-22)19-24(28(32)34-2)25(20-12-6-3-7-13-20)21-14-8-4-9-15-21/h3-19,25H,1-2H3. The predicted molar refractivity (Wildman–Crippen MR) is 130 cm³/mol. The minimum absolute atomic E-state index is 0.296. The Labute approximate surface area is 198 Å². The van der Waals surface area contributed by atoms with Gasteiger partial charge in [-0.1, -0.05) is 91.0 Å². The maximum absolute atomic E-state index is 13.1. The van der Waals surface area contributed by atoms with Crippen LogP contribution in [-0.4, -0.2) is 35.9 Å². The zero-order valence-corrected chi connectivity index (χ0v) is 18.9. The fourth-order valence-corrected chi connectivity index (χ4v) is 3.94. The molecule has 0 aliphatic heterocycles. The number of methoxy groups -OCH3 is 2. The third-order valence-corrected chi connectivity index (χ3v) is 5.51. The topological polar surface area (TPSA) is 70.4 Å². The van der Waals surface area contributed by atoms with Crippen molar-refractivity contribution in [3.8, 4) is 11.3 Å². The van der Waals surface area contributed by atoms with Gasteiger partial charge in [-0.25, -0.2) is 14.3 Å². The molecule has 0 spiro atoms. The van der Waals surface area contributed by atoms with Crippen LogP contribution in [0.15, 0.2) is 103 Å². The Hall–Kier alpha value is -4.45. The van der Waals surface area contributed by atoms with Crippen molar-refractivity contribution in [1.29, 1.82) is 0 Å². The van der Waals surface area contributed by atoms with Crippen molar-refractivity contribution in [3.63, 3.8) is 0 Å². The van der Waals surface area contributed by atoms with Gasteiger partial charge in [-0.2, -0.15) is 5.10 Å². The molecule has 0 aliphatic carbocycles. The summed E-state index contributed by atoms with van der Waals surface area (Å²) in [6.07, 6.45) is 3.07. The lowest BCUT2D eigenvalue weighted by Crippen LogP contribution is -2.16. The van der Waals surface area contributed by atoms with E-state index in [1.54, 1.807) is 6.20 Å². The van der Waals surface area contributed by atoms with Crippen LogP contribution >= 0.6 is 0 Å². The largest absolute Gasteiger partial charge is 0.466 e. The van der Waals surface area contributed by atoms with Gasteiger partial charge in [0.1, 0.15) is 5.56 Å². The Morgan fingerprint density at radius 2 is 1.32 bits per heavy atom. The average Bonchev–Trinajstić information content (AvgIpc) is 3.32. The number of carbonyl (C=O) groups excluding carboxylic acids is 2. The fraction of sp³-hybridized carbons (Fsp3) is 0.107. The van der Waals surface area contributed by atoms with Gasteiger partial charge in [0.05, 0.1) is 31.7 Å². The average molecular weight is 453 g/mol. The highest BCUT2D eigenvalue weighted by atomic mass is 16.5. The van der Waals surface area contributed by atoms with Crippen molar-refractivity contribution in [2.45, 2.75) is 5.92 Å². The van der Waals surface area contributed by atoms with E-state index in [9.17, 15) is 9.59 Å². The van der Waals surface area contributed by atoms with Gasteiger partial charge in [-0.3, -0.25) is 0 Å². The summed E-state index contributed by atoms with van der Waals surface area (Å²) in [6.45, 7) is 0. The van der Waals surface area contributed by atoms with E-state index >= 15 is 0 Å². The number of nitrogens with zero attached hydrogens (tertiary/aromatic N) is 2. The molecule has 0 bridgehead atoms. The Kier molecular flexibility index (Phi) is 6.98. The zero-order chi connectivity index (χ0) is 23.9. The molecule has 0 unspecified atom stereocenters. The maximum Gasteiger partial charge on any atom is 0.341 e. The molecular weight excluding hydrogens is 428 g/mol. The zero-order valence-electron chi connectivity index (χ0n) is 18.9. The normalized spacial score (nSPS) is 11.3. The van der Waals surface area contributed by atoms with E-state index in [4.69, 9.17) is 9.47 Å². The van der Waals surface area contributed by atoms with Crippen molar-refractivity contribution in [2.75, 3.05) is 14.2 Å². The second kappa shape index (κ2) is 10.4. The molecule has 0 radical (unpaired) electrons. The Morgan fingerprint density at radius 3 is 1.82 bits per heavy atom. The van der Waals surface area contributed by atoms with Gasteiger partial charge in [0.25, 0.3) is 0 Å². The molecule has 1 heterocycles. The second-order valence-electron chi connectivity index (χ2n) is 7.54. The van der Waals surface area contributed by atoms with Crippen LogP contribution in [0.25, 0.3) is 17.5 Å². The molecule has 0 fully saturated rings. The van der Waals surface area contributed by atoms with Crippen molar-refractivity contribution >= 4 is 18.1 Å². The van der Waals surface area contributed by atoms with Gasteiger partial charge in [-0.15, -0.1) is 0 Å². The van der Waals surface area contributed by atoms with Crippen LogP contribution in [0.1, 0.15) is 27.4 Å². The van der Waals surface area contributed by atoms with Crippen molar-refractivity contribution in [3.05, 3.63) is 119 Å². The van der Waals surface area contributed by atoms with Crippen LogP contribution in [0.4, 0.5) is 0 Å². The number of benzene rings is 3. The first-order valence-corrected chi connectivity index (χ1v) is 10.7. The third kappa shape index (κ3) is 4.66. The summed E-state index contributed by atoms with van der Waals surface area (Å²) in [5.74, 6) is -1.42. The van der Waals surface area contributed by atoms with Crippen LogP contribution in [0.2, 0.25) is 0 Å². The summed E-state index contributed by atoms with van der Waals surface area (Å²) in [6, 6.07) is 28.8. The highest BCUT2D eigenvalue weighted by Gasteiger charge is 2.27. The van der Waals surface area contributed by atoms with Gasteiger partial charge in [0, 0.05) is 17.7 Å². The second-order valence-corrected chi connectivity index (χ2v) is 7.54. The van der Waals surface area contributed by atoms with Gasteiger partial charge in [0.15, 0.2) is 0 Å². The molecule has 0 saturated heterocycles. The fourth-order valence-electron chi connectivity index (χ4n) is 3.94. The summed E-state index contributed by atoms with van der Waals surface area (Å²) >= 11 is 0. The van der Waals surface area contributed by atoms with E-state index in [2.05, 4.69) is 5.10 Å². The van der Waals surface area contributed by atoms with Crippen LogP contribution in [0.5, 0.6) is 0 Å². The first kappa shape index (κ1) is 22.7. The van der Waals surface area contributed by atoms with Crippen LogP contribution in [-0.2, 0) is 14.3 Å². The number of ether oxygens (including phenoxy) is 2. The summed E-state index contributed by atoms with van der Waals surface area (Å²) in [5, 5.41) is 4.42. The molecule has 6 heteroatoms. The number of hydrogen-bond acceptors (Lipinski definition) is 5.